The van der Waals surface area contributed by atoms with Gasteiger partial charge in [0.25, 0.3) is 0 Å². The van der Waals surface area contributed by atoms with Gasteiger partial charge in [0.05, 0.1) is 0 Å². The summed E-state index contributed by atoms with van der Waals surface area (Å²) >= 11 is 0. The Hall–Kier alpha value is 0. The van der Waals surface area contributed by atoms with Gasteiger partial charge in [-0.3, -0.25) is 0 Å². The summed E-state index contributed by atoms with van der Waals surface area (Å²) in [5.74, 6) is 1.93. The molecule has 2 unspecified atom stereocenters. The molecule has 0 aromatic carbocycles. The molecule has 0 amide bonds. The maximum atomic E-state index is 2.47. The van der Waals surface area contributed by atoms with Crippen LogP contribution in [0.5, 0.6) is 0 Å². The van der Waals surface area contributed by atoms with Crippen molar-refractivity contribution in [1.29, 1.82) is 0 Å². The topological polar surface area (TPSA) is 0 Å². The predicted molar refractivity (Wildman–Crippen MR) is 66.9 cm³/mol. The average molecular weight is 208 g/mol. The first-order valence-electron chi connectivity index (χ1n) is 6.93. The van der Waals surface area contributed by atoms with Crippen molar-refractivity contribution >= 4 is 0 Å². The van der Waals surface area contributed by atoms with Crippen LogP contribution in [0.3, 0.4) is 0 Å². The van der Waals surface area contributed by atoms with Crippen LogP contribution >= 0.6 is 0 Å². The molecule has 2 aliphatic carbocycles. The largest absolute Gasteiger partial charge is 0.0625 e. The Kier molecular flexibility index (Phi) is 2.90. The molecule has 2 rings (SSSR count). The van der Waals surface area contributed by atoms with Gasteiger partial charge in [-0.25, -0.2) is 0 Å². The van der Waals surface area contributed by atoms with Crippen LogP contribution in [0.25, 0.3) is 0 Å². The van der Waals surface area contributed by atoms with E-state index in [2.05, 4.69) is 27.7 Å². The summed E-state index contributed by atoms with van der Waals surface area (Å²) in [4.78, 5) is 0. The summed E-state index contributed by atoms with van der Waals surface area (Å²) in [6.07, 6.45) is 10.6. The van der Waals surface area contributed by atoms with E-state index < -0.39 is 0 Å². The summed E-state index contributed by atoms with van der Waals surface area (Å²) in [6.45, 7) is 9.79. The molecule has 0 aromatic rings. The monoisotopic (exact) mass is 208 g/mol. The molecule has 15 heavy (non-hydrogen) atoms. The van der Waals surface area contributed by atoms with E-state index in [0.29, 0.717) is 5.41 Å². The summed E-state index contributed by atoms with van der Waals surface area (Å²) in [5, 5.41) is 0. The van der Waals surface area contributed by atoms with Crippen LogP contribution in [0.4, 0.5) is 0 Å². The molecule has 0 radical (unpaired) electrons. The molecular weight excluding hydrogens is 180 g/mol. The van der Waals surface area contributed by atoms with Crippen molar-refractivity contribution in [1.82, 2.24) is 0 Å². The Labute approximate surface area is 95.8 Å². The van der Waals surface area contributed by atoms with Crippen LogP contribution in [0.15, 0.2) is 0 Å². The second-order valence-electron chi connectivity index (χ2n) is 7.44. The highest BCUT2D eigenvalue weighted by atomic mass is 14.5. The lowest BCUT2D eigenvalue weighted by atomic mass is 9.65. The van der Waals surface area contributed by atoms with Gasteiger partial charge in [-0.2, -0.15) is 0 Å². The summed E-state index contributed by atoms with van der Waals surface area (Å²) < 4.78 is 0. The molecular formula is C15H28. The summed E-state index contributed by atoms with van der Waals surface area (Å²) in [5.41, 5.74) is 1.40. The number of hydrogen-bond donors (Lipinski definition) is 0. The molecule has 0 N–H and O–H groups in total. The van der Waals surface area contributed by atoms with Crippen molar-refractivity contribution in [2.45, 2.75) is 72.6 Å². The minimum atomic E-state index is 0.638. The molecule has 0 heterocycles. The van der Waals surface area contributed by atoms with Crippen LogP contribution in [0.1, 0.15) is 72.6 Å². The van der Waals surface area contributed by atoms with Gasteiger partial charge in [0.1, 0.15) is 0 Å². The van der Waals surface area contributed by atoms with Gasteiger partial charge in [-0.05, 0) is 54.8 Å². The van der Waals surface area contributed by atoms with Gasteiger partial charge in [0.2, 0.25) is 0 Å². The lowest BCUT2D eigenvalue weighted by molar-refractivity contribution is 0.105. The predicted octanol–water partition coefficient (Wildman–Crippen LogP) is 5.03. The highest BCUT2D eigenvalue weighted by Crippen LogP contribution is 2.57. The first kappa shape index (κ1) is 11.5. The van der Waals surface area contributed by atoms with E-state index in [0.717, 1.165) is 17.3 Å². The number of rotatable bonds is 1. The zero-order valence-corrected chi connectivity index (χ0v) is 11.1. The van der Waals surface area contributed by atoms with Gasteiger partial charge in [0, 0.05) is 0 Å². The molecule has 2 aliphatic rings. The number of hydrogen-bond acceptors (Lipinski definition) is 0. The van der Waals surface area contributed by atoms with Crippen LogP contribution < -0.4 is 0 Å². The molecule has 0 heteroatoms. The zero-order chi connectivity index (χ0) is 11.1. The van der Waals surface area contributed by atoms with Gasteiger partial charge < -0.3 is 0 Å². The Morgan fingerprint density at radius 2 is 1.80 bits per heavy atom. The van der Waals surface area contributed by atoms with Gasteiger partial charge in [-0.15, -0.1) is 0 Å². The fourth-order valence-electron chi connectivity index (χ4n) is 4.25. The molecule has 0 nitrogen and oxygen atoms in total. The Morgan fingerprint density at radius 1 is 1.07 bits per heavy atom. The van der Waals surface area contributed by atoms with E-state index in [4.69, 9.17) is 0 Å². The smallest absolute Gasteiger partial charge is 0.0289 e. The Balaban J connectivity index is 2.04. The van der Waals surface area contributed by atoms with Crippen LogP contribution in [0, 0.1) is 22.7 Å². The molecule has 88 valence electrons. The Bertz CT molecular complexity index is 226. The van der Waals surface area contributed by atoms with E-state index in [-0.39, 0.29) is 0 Å². The van der Waals surface area contributed by atoms with Crippen molar-refractivity contribution < 1.29 is 0 Å². The summed E-state index contributed by atoms with van der Waals surface area (Å²) in [7, 11) is 0. The minimum Gasteiger partial charge on any atom is -0.0625 e. The first-order valence-corrected chi connectivity index (χ1v) is 6.93. The van der Waals surface area contributed by atoms with Crippen LogP contribution in [-0.2, 0) is 0 Å². The van der Waals surface area contributed by atoms with E-state index in [1.807, 2.05) is 0 Å². The lowest BCUT2D eigenvalue weighted by Gasteiger charge is -2.41. The fraction of sp³-hybridized carbons (Fsp3) is 1.00. The van der Waals surface area contributed by atoms with Crippen molar-refractivity contribution in [2.75, 3.05) is 0 Å². The molecule has 2 fully saturated rings. The van der Waals surface area contributed by atoms with E-state index in [1.165, 1.54) is 44.9 Å². The SMILES string of the molecule is CC(C)C1CCCC2(CCC(C)(C)C2)C1. The average Bonchev–Trinajstić information content (AvgIpc) is 2.42. The third-order valence-corrected chi connectivity index (χ3v) is 5.11. The minimum absolute atomic E-state index is 0.638. The lowest BCUT2D eigenvalue weighted by Crippen LogP contribution is -2.29. The van der Waals surface area contributed by atoms with Gasteiger partial charge >= 0.3 is 0 Å². The summed E-state index contributed by atoms with van der Waals surface area (Å²) in [6, 6.07) is 0. The second kappa shape index (κ2) is 3.79. The van der Waals surface area contributed by atoms with Crippen molar-refractivity contribution in [2.24, 2.45) is 22.7 Å². The second-order valence-corrected chi connectivity index (χ2v) is 7.44. The third-order valence-electron chi connectivity index (χ3n) is 5.11. The maximum absolute atomic E-state index is 2.47. The van der Waals surface area contributed by atoms with Crippen LogP contribution in [0.2, 0.25) is 0 Å². The molecule has 0 aromatic heterocycles. The molecule has 0 aliphatic heterocycles. The van der Waals surface area contributed by atoms with E-state index in [9.17, 15) is 0 Å². The molecule has 2 saturated carbocycles. The van der Waals surface area contributed by atoms with Gasteiger partial charge in [0.15, 0.2) is 0 Å². The third kappa shape index (κ3) is 2.40. The molecule has 1 spiro atoms. The van der Waals surface area contributed by atoms with Crippen molar-refractivity contribution in [3.63, 3.8) is 0 Å². The Morgan fingerprint density at radius 3 is 2.33 bits per heavy atom. The molecule has 2 atom stereocenters. The standard InChI is InChI=1S/C15H28/c1-12(2)13-6-5-7-15(10-13)9-8-14(3,4)11-15/h12-13H,5-11H2,1-4H3. The maximum Gasteiger partial charge on any atom is -0.0289 e. The fourth-order valence-corrected chi connectivity index (χ4v) is 4.25. The van der Waals surface area contributed by atoms with E-state index >= 15 is 0 Å². The van der Waals surface area contributed by atoms with E-state index in [1.54, 1.807) is 0 Å². The first-order chi connectivity index (χ1) is 6.93. The quantitative estimate of drug-likeness (QED) is 0.567. The highest BCUT2D eigenvalue weighted by molar-refractivity contribution is 4.96. The zero-order valence-electron chi connectivity index (χ0n) is 11.1. The highest BCUT2D eigenvalue weighted by Gasteiger charge is 2.45. The van der Waals surface area contributed by atoms with Crippen molar-refractivity contribution in [3.8, 4) is 0 Å². The normalized spacial score (nSPS) is 40.2. The molecule has 0 bridgehead atoms. The van der Waals surface area contributed by atoms with Crippen LogP contribution in [-0.4, -0.2) is 0 Å². The molecule has 0 saturated heterocycles. The van der Waals surface area contributed by atoms with Crippen molar-refractivity contribution in [3.05, 3.63) is 0 Å². The van der Waals surface area contributed by atoms with Gasteiger partial charge in [-0.1, -0.05) is 40.5 Å².